The molecule has 2 rings (SSSR count). The number of amides is 1. The van der Waals surface area contributed by atoms with E-state index in [9.17, 15) is 13.2 Å². The van der Waals surface area contributed by atoms with Gasteiger partial charge in [-0.3, -0.25) is 9.52 Å². The van der Waals surface area contributed by atoms with Gasteiger partial charge in [0.2, 0.25) is 0 Å². The molecular weight excluding hydrogens is 386 g/mol. The summed E-state index contributed by atoms with van der Waals surface area (Å²) < 4.78 is 27.6. The first kappa shape index (κ1) is 23.0. The van der Waals surface area contributed by atoms with E-state index in [1.807, 2.05) is 6.92 Å². The number of carbonyl (C=O) groups excluding carboxylic acids is 1. The molecule has 0 heterocycles. The second kappa shape index (κ2) is 10.9. The molecule has 0 aliphatic carbocycles. The molecule has 0 aliphatic rings. The largest absolute Gasteiger partial charge is 0.351 e. The van der Waals surface area contributed by atoms with E-state index in [1.165, 1.54) is 0 Å². The van der Waals surface area contributed by atoms with Crippen LogP contribution in [0.3, 0.4) is 0 Å². The molecule has 2 aromatic rings. The Morgan fingerprint density at radius 1 is 0.963 bits per heavy atom. The van der Waals surface area contributed by atoms with Crippen LogP contribution in [0.15, 0.2) is 53.4 Å². The van der Waals surface area contributed by atoms with Crippen LogP contribution in [0.4, 0.5) is 5.69 Å². The van der Waals surface area contributed by atoms with Gasteiger partial charge in [-0.1, -0.05) is 36.8 Å². The second-order valence-electron chi connectivity index (χ2n) is 5.97. The molecule has 0 spiro atoms. The van der Waals surface area contributed by atoms with Crippen molar-refractivity contribution in [1.29, 1.82) is 0 Å². The van der Waals surface area contributed by atoms with E-state index in [0.717, 1.165) is 18.5 Å². The van der Waals surface area contributed by atoms with Crippen LogP contribution in [-0.4, -0.2) is 34.0 Å². The molecule has 0 aliphatic heterocycles. The lowest BCUT2D eigenvalue weighted by Crippen LogP contribution is -2.32. The lowest BCUT2D eigenvalue weighted by Gasteiger charge is -2.13. The van der Waals surface area contributed by atoms with Gasteiger partial charge in [-0.15, -0.1) is 12.4 Å². The molecule has 8 heteroatoms. The molecule has 0 atom stereocenters. The molecule has 3 N–H and O–H groups in total. The van der Waals surface area contributed by atoms with Crippen molar-refractivity contribution in [2.45, 2.75) is 25.2 Å². The van der Waals surface area contributed by atoms with Crippen LogP contribution in [-0.2, 0) is 10.0 Å². The maximum absolute atomic E-state index is 12.6. The number of carbonyl (C=O) groups is 1. The Morgan fingerprint density at radius 2 is 1.63 bits per heavy atom. The summed E-state index contributed by atoms with van der Waals surface area (Å²) >= 11 is 0. The number of hydrogen-bond acceptors (Lipinski definition) is 4. The zero-order valence-corrected chi connectivity index (χ0v) is 17.1. The number of halogens is 1. The fourth-order valence-electron chi connectivity index (χ4n) is 2.35. The maximum atomic E-state index is 12.6. The van der Waals surface area contributed by atoms with Gasteiger partial charge >= 0.3 is 0 Å². The van der Waals surface area contributed by atoms with Crippen LogP contribution < -0.4 is 15.4 Å². The van der Waals surface area contributed by atoms with E-state index in [0.29, 0.717) is 18.7 Å². The monoisotopic (exact) mass is 411 g/mol. The summed E-state index contributed by atoms with van der Waals surface area (Å²) in [7, 11) is -3.76. The minimum absolute atomic E-state index is 0. The predicted octanol–water partition coefficient (Wildman–Crippen LogP) is 2.95. The predicted molar refractivity (Wildman–Crippen MR) is 111 cm³/mol. The Bertz CT molecular complexity index is 840. The summed E-state index contributed by atoms with van der Waals surface area (Å²) in [6.07, 6.45) is 1.03. The van der Waals surface area contributed by atoms with E-state index < -0.39 is 10.0 Å². The highest BCUT2D eigenvalue weighted by Gasteiger charge is 2.18. The molecule has 1 amide bonds. The quantitative estimate of drug-likeness (QED) is 0.553. The smallest absolute Gasteiger partial charge is 0.261 e. The summed E-state index contributed by atoms with van der Waals surface area (Å²) in [5, 5.41) is 5.99. The lowest BCUT2D eigenvalue weighted by molar-refractivity contribution is 0.0955. The van der Waals surface area contributed by atoms with Crippen molar-refractivity contribution in [3.63, 3.8) is 0 Å². The van der Waals surface area contributed by atoms with E-state index in [-0.39, 0.29) is 28.9 Å². The third-order valence-corrected chi connectivity index (χ3v) is 5.14. The average molecular weight is 412 g/mol. The van der Waals surface area contributed by atoms with Crippen molar-refractivity contribution < 1.29 is 13.2 Å². The Kier molecular flexibility index (Phi) is 9.28. The number of rotatable bonds is 9. The van der Waals surface area contributed by atoms with Crippen molar-refractivity contribution in [1.82, 2.24) is 10.6 Å². The topological polar surface area (TPSA) is 87.3 Å². The maximum Gasteiger partial charge on any atom is 0.261 e. The van der Waals surface area contributed by atoms with Gasteiger partial charge in [-0.25, -0.2) is 8.42 Å². The van der Waals surface area contributed by atoms with Gasteiger partial charge in [0.05, 0.1) is 16.1 Å². The summed E-state index contributed by atoms with van der Waals surface area (Å²) in [5.41, 5.74) is 1.52. The molecule has 0 bridgehead atoms. The molecule has 0 unspecified atom stereocenters. The number of sulfonamides is 1. The second-order valence-corrected chi connectivity index (χ2v) is 7.65. The Morgan fingerprint density at radius 3 is 2.30 bits per heavy atom. The van der Waals surface area contributed by atoms with Gasteiger partial charge in [0.15, 0.2) is 0 Å². The molecule has 0 saturated heterocycles. The first-order valence-corrected chi connectivity index (χ1v) is 10.1. The first-order valence-electron chi connectivity index (χ1n) is 8.61. The van der Waals surface area contributed by atoms with Gasteiger partial charge in [-0.2, -0.15) is 0 Å². The fourth-order valence-corrected chi connectivity index (χ4v) is 3.43. The average Bonchev–Trinajstić information content (AvgIpc) is 2.62. The van der Waals surface area contributed by atoms with E-state index in [4.69, 9.17) is 0 Å². The van der Waals surface area contributed by atoms with Crippen molar-refractivity contribution in [2.24, 2.45) is 0 Å². The lowest BCUT2D eigenvalue weighted by atomic mass is 10.1. The highest BCUT2D eigenvalue weighted by atomic mass is 35.5. The van der Waals surface area contributed by atoms with Crippen molar-refractivity contribution in [2.75, 3.05) is 24.4 Å². The zero-order chi connectivity index (χ0) is 19.0. The Labute approximate surface area is 167 Å². The van der Waals surface area contributed by atoms with Crippen LogP contribution in [0, 0.1) is 6.92 Å². The van der Waals surface area contributed by atoms with Crippen molar-refractivity contribution in [3.05, 3.63) is 59.7 Å². The third kappa shape index (κ3) is 6.86. The molecule has 27 heavy (non-hydrogen) atoms. The van der Waals surface area contributed by atoms with Crippen LogP contribution in [0.2, 0.25) is 0 Å². The molecule has 0 saturated carbocycles. The molecule has 2 aromatic carbocycles. The zero-order valence-electron chi connectivity index (χ0n) is 15.5. The van der Waals surface area contributed by atoms with Gasteiger partial charge in [0, 0.05) is 13.1 Å². The third-order valence-electron chi connectivity index (χ3n) is 3.76. The van der Waals surface area contributed by atoms with Crippen molar-refractivity contribution in [3.8, 4) is 0 Å². The molecule has 0 radical (unpaired) electrons. The summed E-state index contributed by atoms with van der Waals surface area (Å²) in [5.74, 6) is -0.314. The fraction of sp³-hybridized carbons (Fsp3) is 0.316. The number of nitrogens with one attached hydrogen (secondary N) is 3. The number of hydrogen-bond donors (Lipinski definition) is 3. The Balaban J connectivity index is 0.00000364. The standard InChI is InChI=1S/C19H25N3O3S.ClH/c1-3-12-20-13-14-21-19(23)17-6-4-5-7-18(17)22-26(24,25)16-10-8-15(2)9-11-16;/h4-11,20,22H,3,12-14H2,1-2H3,(H,21,23);1H. The highest BCUT2D eigenvalue weighted by molar-refractivity contribution is 7.92. The SMILES string of the molecule is CCCNCCNC(=O)c1ccccc1NS(=O)(=O)c1ccc(C)cc1.Cl. The van der Waals surface area contributed by atoms with Crippen LogP contribution in [0.1, 0.15) is 29.3 Å². The summed E-state index contributed by atoms with van der Waals surface area (Å²) in [6.45, 7) is 5.98. The molecule has 0 aromatic heterocycles. The first-order chi connectivity index (χ1) is 12.4. The summed E-state index contributed by atoms with van der Waals surface area (Å²) in [4.78, 5) is 12.5. The molecule has 0 fully saturated rings. The molecule has 148 valence electrons. The minimum Gasteiger partial charge on any atom is -0.351 e. The normalized spacial score (nSPS) is 10.7. The number of para-hydroxylation sites is 1. The number of anilines is 1. The number of benzene rings is 2. The van der Waals surface area contributed by atoms with Gasteiger partial charge in [0.1, 0.15) is 0 Å². The van der Waals surface area contributed by atoms with E-state index >= 15 is 0 Å². The highest BCUT2D eigenvalue weighted by Crippen LogP contribution is 2.20. The molecule has 6 nitrogen and oxygen atoms in total. The van der Waals surface area contributed by atoms with Crippen LogP contribution in [0.25, 0.3) is 0 Å². The van der Waals surface area contributed by atoms with E-state index in [2.05, 4.69) is 22.3 Å². The molecular formula is C19H26ClN3O3S. The van der Waals surface area contributed by atoms with Gasteiger partial charge in [-0.05, 0) is 44.2 Å². The number of aryl methyl sites for hydroxylation is 1. The van der Waals surface area contributed by atoms with E-state index in [1.54, 1.807) is 48.5 Å². The van der Waals surface area contributed by atoms with Crippen LogP contribution in [0.5, 0.6) is 0 Å². The van der Waals surface area contributed by atoms with Crippen LogP contribution >= 0.6 is 12.4 Å². The summed E-state index contributed by atoms with van der Waals surface area (Å²) in [6, 6.07) is 13.1. The van der Waals surface area contributed by atoms with Crippen molar-refractivity contribution >= 4 is 34.0 Å². The Hall–Kier alpha value is -2.09. The van der Waals surface area contributed by atoms with Gasteiger partial charge in [0.25, 0.3) is 15.9 Å². The minimum atomic E-state index is -3.76. The van der Waals surface area contributed by atoms with Gasteiger partial charge < -0.3 is 10.6 Å².